The van der Waals surface area contributed by atoms with E-state index in [-0.39, 0.29) is 12.2 Å². The van der Waals surface area contributed by atoms with Gasteiger partial charge in [0.15, 0.2) is 0 Å². The van der Waals surface area contributed by atoms with E-state index in [0.29, 0.717) is 11.4 Å². The first-order valence-electron chi connectivity index (χ1n) is 5.31. The average Bonchev–Trinajstić information content (AvgIpc) is 2.38. The monoisotopic (exact) mass is 244 g/mol. The number of nitrogens with two attached hydrogens (primary N) is 1. The molecule has 5 nitrogen and oxygen atoms in total. The summed E-state index contributed by atoms with van der Waals surface area (Å²) in [5.41, 5.74) is 6.85. The number of rotatable bonds is 4. The molecule has 0 radical (unpaired) electrons. The van der Waals surface area contributed by atoms with Crippen molar-refractivity contribution in [1.82, 2.24) is 4.98 Å². The molecule has 5 heteroatoms. The van der Waals surface area contributed by atoms with Crippen LogP contribution in [0.1, 0.15) is 15.9 Å². The van der Waals surface area contributed by atoms with Crippen LogP contribution in [0.2, 0.25) is 0 Å². The zero-order valence-electron chi connectivity index (χ0n) is 9.54. The Labute approximate surface area is 104 Å². The van der Waals surface area contributed by atoms with E-state index in [2.05, 4.69) is 4.98 Å². The van der Waals surface area contributed by atoms with Crippen molar-refractivity contribution in [2.75, 3.05) is 5.73 Å². The number of anilines is 1. The second-order valence-corrected chi connectivity index (χ2v) is 3.71. The number of aromatic carboxylic acids is 1. The molecule has 0 aliphatic carbocycles. The Morgan fingerprint density at radius 2 is 2.22 bits per heavy atom. The molecule has 0 unspecified atom stereocenters. The lowest BCUT2D eigenvalue weighted by molar-refractivity contribution is 0.0692. The Balaban J connectivity index is 2.17. The molecule has 3 N–H and O–H groups in total. The molecular weight excluding hydrogens is 232 g/mol. The number of hydrogen-bond donors (Lipinski definition) is 2. The lowest BCUT2D eigenvalue weighted by Gasteiger charge is -2.09. The Morgan fingerprint density at radius 1 is 1.39 bits per heavy atom. The van der Waals surface area contributed by atoms with Crippen LogP contribution in [-0.4, -0.2) is 16.1 Å². The lowest BCUT2D eigenvalue weighted by Crippen LogP contribution is -2.04. The van der Waals surface area contributed by atoms with Crippen molar-refractivity contribution in [2.45, 2.75) is 6.61 Å². The largest absolute Gasteiger partial charge is 0.488 e. The first kappa shape index (κ1) is 11.9. The van der Waals surface area contributed by atoms with E-state index < -0.39 is 5.97 Å². The van der Waals surface area contributed by atoms with Gasteiger partial charge in [-0.2, -0.15) is 0 Å². The second-order valence-electron chi connectivity index (χ2n) is 3.71. The number of ether oxygens (including phenoxy) is 1. The fourth-order valence-corrected chi connectivity index (χ4v) is 1.49. The molecule has 2 aromatic rings. The first-order valence-corrected chi connectivity index (χ1v) is 5.31. The summed E-state index contributed by atoms with van der Waals surface area (Å²) in [5.74, 6) is -0.774. The number of benzene rings is 1. The molecule has 1 heterocycles. The molecule has 0 fully saturated rings. The molecule has 0 aliphatic heterocycles. The second kappa shape index (κ2) is 5.18. The van der Waals surface area contributed by atoms with E-state index in [0.717, 1.165) is 5.56 Å². The molecule has 0 amide bonds. The zero-order chi connectivity index (χ0) is 13.0. The standard InChI is InChI=1S/C13H12N2O3/c14-10-3-4-12(11(6-10)13(16)17)18-8-9-2-1-5-15-7-9/h1-7H,8,14H2,(H,16,17). The van der Waals surface area contributed by atoms with Gasteiger partial charge in [0, 0.05) is 23.6 Å². The van der Waals surface area contributed by atoms with Gasteiger partial charge in [-0.15, -0.1) is 0 Å². The van der Waals surface area contributed by atoms with E-state index in [1.807, 2.05) is 6.07 Å². The minimum absolute atomic E-state index is 0.0545. The van der Waals surface area contributed by atoms with E-state index >= 15 is 0 Å². The molecular formula is C13H12N2O3. The van der Waals surface area contributed by atoms with Gasteiger partial charge in [0.05, 0.1) is 0 Å². The Bertz CT molecular complexity index is 555. The summed E-state index contributed by atoms with van der Waals surface area (Å²) < 4.78 is 5.46. The highest BCUT2D eigenvalue weighted by molar-refractivity contribution is 5.92. The summed E-state index contributed by atoms with van der Waals surface area (Å²) in [7, 11) is 0. The number of nitrogen functional groups attached to an aromatic ring is 1. The SMILES string of the molecule is Nc1ccc(OCc2cccnc2)c(C(=O)O)c1. The smallest absolute Gasteiger partial charge is 0.339 e. The minimum atomic E-state index is -1.07. The van der Waals surface area contributed by atoms with Gasteiger partial charge >= 0.3 is 5.97 Å². The molecule has 18 heavy (non-hydrogen) atoms. The average molecular weight is 244 g/mol. The van der Waals surface area contributed by atoms with Crippen LogP contribution >= 0.6 is 0 Å². The van der Waals surface area contributed by atoms with E-state index in [1.165, 1.54) is 6.07 Å². The maximum atomic E-state index is 11.0. The van der Waals surface area contributed by atoms with Gasteiger partial charge in [-0.1, -0.05) is 6.07 Å². The third kappa shape index (κ3) is 2.76. The summed E-state index contributed by atoms with van der Waals surface area (Å²) in [5, 5.41) is 9.04. The van der Waals surface area contributed by atoms with Crippen LogP contribution in [-0.2, 0) is 6.61 Å². The molecule has 0 atom stereocenters. The highest BCUT2D eigenvalue weighted by Gasteiger charge is 2.11. The zero-order valence-corrected chi connectivity index (χ0v) is 9.54. The summed E-state index contributed by atoms with van der Waals surface area (Å²) in [6, 6.07) is 8.17. The molecule has 0 saturated heterocycles. The molecule has 2 rings (SSSR count). The van der Waals surface area contributed by atoms with Crippen molar-refractivity contribution in [3.05, 3.63) is 53.9 Å². The third-order valence-electron chi connectivity index (χ3n) is 2.35. The van der Waals surface area contributed by atoms with Gasteiger partial charge in [0.1, 0.15) is 17.9 Å². The summed E-state index contributed by atoms with van der Waals surface area (Å²) in [6.45, 7) is 0.262. The van der Waals surface area contributed by atoms with Crippen molar-refractivity contribution in [2.24, 2.45) is 0 Å². The summed E-state index contributed by atoms with van der Waals surface area (Å²) in [4.78, 5) is 15.0. The first-order chi connectivity index (χ1) is 8.66. The Morgan fingerprint density at radius 3 is 2.89 bits per heavy atom. The van der Waals surface area contributed by atoms with Crippen molar-refractivity contribution < 1.29 is 14.6 Å². The van der Waals surface area contributed by atoms with Gasteiger partial charge in [-0.25, -0.2) is 4.79 Å². The van der Waals surface area contributed by atoms with E-state index in [9.17, 15) is 4.79 Å². The topological polar surface area (TPSA) is 85.4 Å². The predicted octanol–water partition coefficient (Wildman–Crippen LogP) is 1.94. The maximum Gasteiger partial charge on any atom is 0.339 e. The predicted molar refractivity (Wildman–Crippen MR) is 66.4 cm³/mol. The Hall–Kier alpha value is -2.56. The molecule has 1 aromatic heterocycles. The summed E-state index contributed by atoms with van der Waals surface area (Å²) in [6.07, 6.45) is 3.33. The van der Waals surface area contributed by atoms with Crippen LogP contribution in [0.15, 0.2) is 42.7 Å². The number of aromatic nitrogens is 1. The van der Waals surface area contributed by atoms with Crippen LogP contribution in [0.3, 0.4) is 0 Å². The van der Waals surface area contributed by atoms with Gasteiger partial charge in [0.25, 0.3) is 0 Å². The lowest BCUT2D eigenvalue weighted by atomic mass is 10.2. The van der Waals surface area contributed by atoms with Crippen LogP contribution in [0.25, 0.3) is 0 Å². The number of carboxylic acids is 1. The number of carbonyl (C=O) groups is 1. The number of carboxylic acid groups (broad SMARTS) is 1. The maximum absolute atomic E-state index is 11.0. The van der Waals surface area contributed by atoms with Gasteiger partial charge in [-0.3, -0.25) is 4.98 Å². The normalized spacial score (nSPS) is 10.0. The number of nitrogens with zero attached hydrogens (tertiary/aromatic N) is 1. The molecule has 0 spiro atoms. The van der Waals surface area contributed by atoms with Gasteiger partial charge in [0.2, 0.25) is 0 Å². The van der Waals surface area contributed by atoms with Crippen molar-refractivity contribution >= 4 is 11.7 Å². The van der Waals surface area contributed by atoms with Gasteiger partial charge < -0.3 is 15.6 Å². The molecule has 92 valence electrons. The molecule has 0 aliphatic rings. The molecule has 0 bridgehead atoms. The Kier molecular flexibility index (Phi) is 3.43. The molecule has 1 aromatic carbocycles. The van der Waals surface area contributed by atoms with Crippen LogP contribution in [0.5, 0.6) is 5.75 Å². The number of hydrogen-bond acceptors (Lipinski definition) is 4. The summed E-state index contributed by atoms with van der Waals surface area (Å²) >= 11 is 0. The van der Waals surface area contributed by atoms with Crippen LogP contribution in [0.4, 0.5) is 5.69 Å². The fraction of sp³-hybridized carbons (Fsp3) is 0.0769. The van der Waals surface area contributed by atoms with Crippen LogP contribution in [0, 0.1) is 0 Å². The van der Waals surface area contributed by atoms with Crippen LogP contribution < -0.4 is 10.5 Å². The highest BCUT2D eigenvalue weighted by atomic mass is 16.5. The van der Waals surface area contributed by atoms with Gasteiger partial charge in [-0.05, 0) is 24.3 Å². The highest BCUT2D eigenvalue weighted by Crippen LogP contribution is 2.22. The van der Waals surface area contributed by atoms with E-state index in [1.54, 1.807) is 30.6 Å². The third-order valence-corrected chi connectivity index (χ3v) is 2.35. The fourth-order valence-electron chi connectivity index (χ4n) is 1.49. The van der Waals surface area contributed by atoms with Crippen molar-refractivity contribution in [3.8, 4) is 5.75 Å². The van der Waals surface area contributed by atoms with Crippen molar-refractivity contribution in [1.29, 1.82) is 0 Å². The number of pyridine rings is 1. The minimum Gasteiger partial charge on any atom is -0.488 e. The molecule has 0 saturated carbocycles. The van der Waals surface area contributed by atoms with E-state index in [4.69, 9.17) is 15.6 Å². The quantitative estimate of drug-likeness (QED) is 0.803. The van der Waals surface area contributed by atoms with Crippen molar-refractivity contribution in [3.63, 3.8) is 0 Å².